The van der Waals surface area contributed by atoms with E-state index < -0.39 is 22.6 Å². The zero-order valence-corrected chi connectivity index (χ0v) is 19.8. The van der Waals surface area contributed by atoms with Crippen LogP contribution in [0.15, 0.2) is 41.3 Å². The van der Waals surface area contributed by atoms with Crippen LogP contribution in [0.1, 0.15) is 50.3 Å². The number of unbranched alkanes of at least 4 members (excludes halogenated alkanes) is 1. The fourth-order valence-corrected chi connectivity index (χ4v) is 5.18. The first-order valence-corrected chi connectivity index (χ1v) is 12.1. The zero-order chi connectivity index (χ0) is 23.2. The molecule has 0 radical (unpaired) electrons. The van der Waals surface area contributed by atoms with Crippen molar-refractivity contribution in [3.8, 4) is 5.75 Å². The van der Waals surface area contributed by atoms with Crippen molar-refractivity contribution in [1.29, 1.82) is 0 Å². The smallest absolute Gasteiger partial charge is 0.341 e. The van der Waals surface area contributed by atoms with Crippen molar-refractivity contribution >= 4 is 21.7 Å². The van der Waals surface area contributed by atoms with Crippen molar-refractivity contribution < 1.29 is 23.1 Å². The number of aliphatic carboxylic acids is 1. The van der Waals surface area contributed by atoms with Gasteiger partial charge in [0.2, 0.25) is 0 Å². The molecule has 0 saturated heterocycles. The van der Waals surface area contributed by atoms with Crippen LogP contribution in [0.5, 0.6) is 5.75 Å². The molecule has 0 saturated carbocycles. The number of anilines is 1. The molecule has 31 heavy (non-hydrogen) atoms. The molecule has 0 aromatic heterocycles. The zero-order valence-electron chi connectivity index (χ0n) is 19.0. The molecule has 0 aliphatic heterocycles. The van der Waals surface area contributed by atoms with Gasteiger partial charge in [-0.2, -0.15) is 0 Å². The molecule has 0 aliphatic carbocycles. The molecule has 0 atom stereocenters. The first-order valence-electron chi connectivity index (χ1n) is 10.6. The summed E-state index contributed by atoms with van der Waals surface area (Å²) in [5, 5.41) is 8.80. The molecule has 2 aromatic carbocycles. The van der Waals surface area contributed by atoms with Gasteiger partial charge in [-0.3, -0.25) is 4.31 Å². The predicted octanol–water partition coefficient (Wildman–Crippen LogP) is 4.96. The first-order chi connectivity index (χ1) is 14.6. The average Bonchev–Trinajstić information content (AvgIpc) is 2.69. The second-order valence-electron chi connectivity index (χ2n) is 8.26. The maximum Gasteiger partial charge on any atom is 0.341 e. The minimum absolute atomic E-state index is 0.133. The summed E-state index contributed by atoms with van der Waals surface area (Å²) in [6, 6.07) is 10.5. The molecule has 0 unspecified atom stereocenters. The highest BCUT2D eigenvalue weighted by molar-refractivity contribution is 7.92. The number of carboxylic acids is 1. The highest BCUT2D eigenvalue weighted by Gasteiger charge is 2.27. The van der Waals surface area contributed by atoms with Gasteiger partial charge in [0.05, 0.1) is 10.6 Å². The van der Waals surface area contributed by atoms with E-state index in [9.17, 15) is 13.2 Å². The lowest BCUT2D eigenvalue weighted by Crippen LogP contribution is -2.35. The van der Waals surface area contributed by atoms with Crippen LogP contribution in [-0.2, 0) is 21.2 Å². The van der Waals surface area contributed by atoms with Crippen LogP contribution in [0, 0.1) is 19.8 Å². The van der Waals surface area contributed by atoms with Crippen molar-refractivity contribution in [3.63, 3.8) is 0 Å². The van der Waals surface area contributed by atoms with Crippen molar-refractivity contribution in [2.45, 2.75) is 58.8 Å². The third-order valence-corrected chi connectivity index (χ3v) is 6.74. The monoisotopic (exact) mass is 447 g/mol. The van der Waals surface area contributed by atoms with E-state index in [4.69, 9.17) is 9.84 Å². The lowest BCUT2D eigenvalue weighted by molar-refractivity contribution is -0.139. The van der Waals surface area contributed by atoms with E-state index in [1.54, 1.807) is 6.92 Å². The van der Waals surface area contributed by atoms with Gasteiger partial charge in [-0.25, -0.2) is 13.2 Å². The van der Waals surface area contributed by atoms with E-state index in [0.29, 0.717) is 23.5 Å². The molecule has 0 bridgehead atoms. The summed E-state index contributed by atoms with van der Waals surface area (Å²) in [5.74, 6) is -0.599. The Hall–Kier alpha value is -2.54. The summed E-state index contributed by atoms with van der Waals surface area (Å²) in [5.41, 5.74) is 3.38. The normalized spacial score (nSPS) is 11.5. The molecule has 2 aromatic rings. The number of aryl methyl sites for hydroxylation is 3. The Bertz CT molecular complexity index is 1010. The lowest BCUT2D eigenvalue weighted by atomic mass is 10.0. The van der Waals surface area contributed by atoms with Crippen LogP contribution < -0.4 is 9.04 Å². The van der Waals surface area contributed by atoms with E-state index in [2.05, 4.69) is 13.0 Å². The van der Waals surface area contributed by atoms with Crippen LogP contribution in [-0.4, -0.2) is 32.6 Å². The summed E-state index contributed by atoms with van der Waals surface area (Å²) >= 11 is 0. The summed E-state index contributed by atoms with van der Waals surface area (Å²) in [7, 11) is -3.81. The molecule has 6 nitrogen and oxygen atoms in total. The van der Waals surface area contributed by atoms with Crippen molar-refractivity contribution in [3.05, 3.63) is 53.1 Å². The average molecular weight is 448 g/mol. The second kappa shape index (κ2) is 10.7. The molecular formula is C24H33NO5S. The molecular weight excluding hydrogens is 414 g/mol. The van der Waals surface area contributed by atoms with Gasteiger partial charge in [0, 0.05) is 6.54 Å². The van der Waals surface area contributed by atoms with Crippen LogP contribution in [0.2, 0.25) is 0 Å². The third-order valence-electron chi connectivity index (χ3n) is 4.97. The number of ether oxygens (including phenoxy) is 1. The van der Waals surface area contributed by atoms with Crippen LogP contribution in [0.25, 0.3) is 0 Å². The van der Waals surface area contributed by atoms with Gasteiger partial charge in [-0.15, -0.1) is 0 Å². The minimum atomic E-state index is -3.81. The number of carboxylic acid groups (broad SMARTS) is 1. The first kappa shape index (κ1) is 24.7. The highest BCUT2D eigenvalue weighted by atomic mass is 32.2. The number of benzene rings is 2. The number of sulfonamides is 1. The molecule has 1 N–H and O–H groups in total. The topological polar surface area (TPSA) is 83.9 Å². The molecule has 0 fully saturated rings. The maximum atomic E-state index is 13.6. The molecule has 170 valence electrons. The number of carbonyl (C=O) groups is 1. The van der Waals surface area contributed by atoms with Gasteiger partial charge in [-0.1, -0.05) is 39.3 Å². The van der Waals surface area contributed by atoms with Gasteiger partial charge in [0.15, 0.2) is 6.61 Å². The summed E-state index contributed by atoms with van der Waals surface area (Å²) in [6.45, 7) is 9.66. The summed E-state index contributed by atoms with van der Waals surface area (Å²) < 4.78 is 33.9. The van der Waals surface area contributed by atoms with Gasteiger partial charge >= 0.3 is 5.97 Å². The predicted molar refractivity (Wildman–Crippen MR) is 123 cm³/mol. The molecule has 0 heterocycles. The maximum absolute atomic E-state index is 13.6. The summed E-state index contributed by atoms with van der Waals surface area (Å²) in [6.07, 6.45) is 3.19. The van der Waals surface area contributed by atoms with Crippen LogP contribution >= 0.6 is 0 Å². The molecule has 0 amide bonds. The standard InChI is InChI=1S/C24H33NO5S/c1-6-7-8-20-9-11-22(18(4)13-20)25(15-17(2)3)31(28,29)21-10-12-23(19(5)14-21)30-16-24(26)27/h9-14,17H,6-8,15-16H2,1-5H3,(H,26,27). The van der Waals surface area contributed by atoms with Crippen molar-refractivity contribution in [2.24, 2.45) is 5.92 Å². The SMILES string of the molecule is CCCCc1ccc(N(CC(C)C)S(=O)(=O)c2ccc(OCC(=O)O)c(C)c2)c(C)c1. The Morgan fingerprint density at radius 3 is 2.35 bits per heavy atom. The Kier molecular flexibility index (Phi) is 8.51. The Morgan fingerprint density at radius 1 is 1.10 bits per heavy atom. The Morgan fingerprint density at radius 2 is 1.81 bits per heavy atom. The highest BCUT2D eigenvalue weighted by Crippen LogP contribution is 2.31. The van der Waals surface area contributed by atoms with Gasteiger partial charge < -0.3 is 9.84 Å². The minimum Gasteiger partial charge on any atom is -0.482 e. The van der Waals surface area contributed by atoms with E-state index in [-0.39, 0.29) is 10.8 Å². The molecule has 0 aliphatic rings. The fraction of sp³-hybridized carbons (Fsp3) is 0.458. The number of rotatable bonds is 11. The summed E-state index contributed by atoms with van der Waals surface area (Å²) in [4.78, 5) is 10.9. The van der Waals surface area contributed by atoms with E-state index in [1.807, 2.05) is 32.9 Å². The van der Waals surface area contributed by atoms with Crippen molar-refractivity contribution in [2.75, 3.05) is 17.5 Å². The largest absolute Gasteiger partial charge is 0.482 e. The van der Waals surface area contributed by atoms with Gasteiger partial charge in [0.1, 0.15) is 5.75 Å². The second-order valence-corrected chi connectivity index (χ2v) is 10.1. The van der Waals surface area contributed by atoms with E-state index in [1.165, 1.54) is 28.1 Å². The van der Waals surface area contributed by atoms with E-state index >= 15 is 0 Å². The Balaban J connectivity index is 2.43. The number of hydrogen-bond acceptors (Lipinski definition) is 4. The van der Waals surface area contributed by atoms with Crippen LogP contribution in [0.3, 0.4) is 0 Å². The van der Waals surface area contributed by atoms with Crippen molar-refractivity contribution in [1.82, 2.24) is 0 Å². The number of hydrogen-bond donors (Lipinski definition) is 1. The quantitative estimate of drug-likeness (QED) is 0.526. The van der Waals surface area contributed by atoms with Gasteiger partial charge in [0.25, 0.3) is 10.0 Å². The van der Waals surface area contributed by atoms with E-state index in [0.717, 1.165) is 24.8 Å². The molecule has 0 spiro atoms. The third kappa shape index (κ3) is 6.47. The molecule has 7 heteroatoms. The fourth-order valence-electron chi connectivity index (χ4n) is 3.40. The molecule has 2 rings (SSSR count). The number of nitrogens with zero attached hydrogens (tertiary/aromatic N) is 1. The van der Waals surface area contributed by atoms with Crippen LogP contribution in [0.4, 0.5) is 5.69 Å². The van der Waals surface area contributed by atoms with Gasteiger partial charge in [-0.05, 0) is 73.6 Å². The lowest BCUT2D eigenvalue weighted by Gasteiger charge is -2.28. The Labute approximate surface area is 185 Å².